The molecule has 4 heterocycles. The number of anilines is 1. The van der Waals surface area contributed by atoms with Crippen LogP contribution in [0.4, 0.5) is 5.95 Å². The van der Waals surface area contributed by atoms with Crippen LogP contribution < -0.4 is 14.8 Å². The van der Waals surface area contributed by atoms with Gasteiger partial charge in [-0.3, -0.25) is 0 Å². The molecular formula is C19H18N4O4S. The van der Waals surface area contributed by atoms with Crippen molar-refractivity contribution in [3.63, 3.8) is 0 Å². The minimum atomic E-state index is -0.00537. The van der Waals surface area contributed by atoms with Crippen molar-refractivity contribution >= 4 is 17.3 Å². The van der Waals surface area contributed by atoms with Crippen LogP contribution in [0.25, 0.3) is 21.8 Å². The summed E-state index contributed by atoms with van der Waals surface area (Å²) in [5.41, 5.74) is 2.60. The Hall–Kier alpha value is -2.75. The van der Waals surface area contributed by atoms with E-state index in [1.165, 1.54) is 11.3 Å². The van der Waals surface area contributed by atoms with Crippen molar-refractivity contribution in [2.24, 2.45) is 0 Å². The van der Waals surface area contributed by atoms with Crippen LogP contribution in [0.15, 0.2) is 36.0 Å². The van der Waals surface area contributed by atoms with Gasteiger partial charge in [0.05, 0.1) is 25.9 Å². The Morgan fingerprint density at radius 1 is 1.14 bits per heavy atom. The molecular weight excluding hydrogens is 380 g/mol. The second-order valence-corrected chi connectivity index (χ2v) is 7.20. The van der Waals surface area contributed by atoms with Crippen molar-refractivity contribution in [2.45, 2.75) is 6.10 Å². The summed E-state index contributed by atoms with van der Waals surface area (Å²) in [6, 6.07) is 5.82. The number of nitrogens with one attached hydrogen (secondary N) is 1. The summed E-state index contributed by atoms with van der Waals surface area (Å²) in [7, 11) is 0. The summed E-state index contributed by atoms with van der Waals surface area (Å²) in [4.78, 5) is 13.7. The molecule has 0 spiro atoms. The highest BCUT2D eigenvalue weighted by Crippen LogP contribution is 2.38. The SMILES string of the molecule is c1csc(-c2nc(NC[C@@H]3COCCO3)ncc2-c2ccc3c(c2)OCO3)n1. The highest BCUT2D eigenvalue weighted by molar-refractivity contribution is 7.13. The Morgan fingerprint density at radius 3 is 2.96 bits per heavy atom. The zero-order valence-corrected chi connectivity index (χ0v) is 15.8. The van der Waals surface area contributed by atoms with Gasteiger partial charge in [0.15, 0.2) is 11.5 Å². The molecule has 28 heavy (non-hydrogen) atoms. The van der Waals surface area contributed by atoms with E-state index in [9.17, 15) is 0 Å². The number of rotatable bonds is 5. The van der Waals surface area contributed by atoms with Crippen LogP contribution in [0.5, 0.6) is 11.5 Å². The second-order valence-electron chi connectivity index (χ2n) is 6.31. The van der Waals surface area contributed by atoms with Crippen LogP contribution in [0, 0.1) is 0 Å². The number of hydrogen-bond acceptors (Lipinski definition) is 9. The number of nitrogens with zero attached hydrogens (tertiary/aromatic N) is 3. The van der Waals surface area contributed by atoms with Crippen molar-refractivity contribution in [3.8, 4) is 33.3 Å². The first kappa shape index (κ1) is 17.4. The van der Waals surface area contributed by atoms with E-state index in [4.69, 9.17) is 23.9 Å². The zero-order valence-electron chi connectivity index (χ0n) is 15.0. The molecule has 0 radical (unpaired) electrons. The largest absolute Gasteiger partial charge is 0.454 e. The lowest BCUT2D eigenvalue weighted by atomic mass is 10.1. The summed E-state index contributed by atoms with van der Waals surface area (Å²) in [5.74, 6) is 2.00. The van der Waals surface area contributed by atoms with Crippen LogP contribution in [0.3, 0.4) is 0 Å². The molecule has 1 aromatic carbocycles. The van der Waals surface area contributed by atoms with Crippen LogP contribution >= 0.6 is 11.3 Å². The first-order chi connectivity index (χ1) is 13.9. The average molecular weight is 398 g/mol. The molecule has 5 rings (SSSR count). The van der Waals surface area contributed by atoms with Gasteiger partial charge in [-0.15, -0.1) is 11.3 Å². The Bertz CT molecular complexity index is 961. The van der Waals surface area contributed by atoms with E-state index in [1.807, 2.05) is 29.8 Å². The smallest absolute Gasteiger partial charge is 0.231 e. The van der Waals surface area contributed by atoms with E-state index >= 15 is 0 Å². The molecule has 3 aromatic rings. The maximum atomic E-state index is 5.66. The number of benzene rings is 1. The Kier molecular flexibility index (Phi) is 4.78. The molecule has 144 valence electrons. The quantitative estimate of drug-likeness (QED) is 0.702. The number of ether oxygens (including phenoxy) is 4. The lowest BCUT2D eigenvalue weighted by molar-refractivity contribution is -0.0819. The minimum Gasteiger partial charge on any atom is -0.454 e. The summed E-state index contributed by atoms with van der Waals surface area (Å²) >= 11 is 1.54. The van der Waals surface area contributed by atoms with Crippen LogP contribution in [-0.4, -0.2) is 54.2 Å². The predicted molar refractivity (Wildman–Crippen MR) is 104 cm³/mol. The first-order valence-electron chi connectivity index (χ1n) is 8.97. The predicted octanol–water partition coefficient (Wildman–Crippen LogP) is 2.82. The van der Waals surface area contributed by atoms with Crippen molar-refractivity contribution in [1.29, 1.82) is 0 Å². The third kappa shape index (κ3) is 3.51. The Labute approximate surface area is 165 Å². The zero-order chi connectivity index (χ0) is 18.8. The number of fused-ring (bicyclic) bond motifs is 1. The van der Waals surface area contributed by atoms with Crippen molar-refractivity contribution in [1.82, 2.24) is 15.0 Å². The molecule has 2 aliphatic heterocycles. The molecule has 2 aromatic heterocycles. The van der Waals surface area contributed by atoms with E-state index in [0.29, 0.717) is 32.3 Å². The monoisotopic (exact) mass is 398 g/mol. The Morgan fingerprint density at radius 2 is 2.11 bits per heavy atom. The van der Waals surface area contributed by atoms with Gasteiger partial charge >= 0.3 is 0 Å². The Balaban J connectivity index is 1.45. The van der Waals surface area contributed by atoms with E-state index in [1.54, 1.807) is 6.20 Å². The fourth-order valence-electron chi connectivity index (χ4n) is 3.11. The van der Waals surface area contributed by atoms with Crippen molar-refractivity contribution < 1.29 is 18.9 Å². The highest BCUT2D eigenvalue weighted by atomic mass is 32.1. The fraction of sp³-hybridized carbons (Fsp3) is 0.316. The van der Waals surface area contributed by atoms with Gasteiger partial charge in [-0.1, -0.05) is 6.07 Å². The standard InChI is InChI=1S/C19H18N4O4S/c1-2-15-16(27-11-26-15)7-12(1)14-9-22-19(21-8-13-10-24-4-5-25-13)23-17(14)18-20-3-6-28-18/h1-3,6-7,9,13H,4-5,8,10-11H2,(H,21,22,23)/t13-/m1/s1. The topological polar surface area (TPSA) is 87.6 Å². The fourth-order valence-corrected chi connectivity index (χ4v) is 3.74. The van der Waals surface area contributed by atoms with Crippen LogP contribution in [0.2, 0.25) is 0 Å². The molecule has 9 heteroatoms. The van der Waals surface area contributed by atoms with E-state index in [0.717, 1.165) is 33.3 Å². The van der Waals surface area contributed by atoms with Gasteiger partial charge in [-0.05, 0) is 17.7 Å². The summed E-state index contributed by atoms with van der Waals surface area (Å²) in [5, 5.41) is 6.00. The molecule has 0 bridgehead atoms. The van der Waals surface area contributed by atoms with E-state index < -0.39 is 0 Å². The van der Waals surface area contributed by atoms with Crippen molar-refractivity contribution in [2.75, 3.05) is 38.5 Å². The average Bonchev–Trinajstić information content (AvgIpc) is 3.44. The molecule has 1 saturated heterocycles. The minimum absolute atomic E-state index is 0.00537. The van der Waals surface area contributed by atoms with Crippen molar-refractivity contribution in [3.05, 3.63) is 36.0 Å². The molecule has 8 nitrogen and oxygen atoms in total. The van der Waals surface area contributed by atoms with Gasteiger partial charge in [0.1, 0.15) is 10.7 Å². The number of hydrogen-bond donors (Lipinski definition) is 1. The lowest BCUT2D eigenvalue weighted by Gasteiger charge is -2.23. The summed E-state index contributed by atoms with van der Waals surface area (Å²) < 4.78 is 22.0. The van der Waals surface area contributed by atoms with Gasteiger partial charge in [0, 0.05) is 29.9 Å². The van der Waals surface area contributed by atoms with E-state index in [2.05, 4.69) is 15.3 Å². The third-order valence-corrected chi connectivity index (χ3v) is 5.26. The highest BCUT2D eigenvalue weighted by Gasteiger charge is 2.19. The molecule has 0 amide bonds. The molecule has 0 aliphatic carbocycles. The molecule has 1 atom stereocenters. The van der Waals surface area contributed by atoms with Gasteiger partial charge in [0.25, 0.3) is 0 Å². The molecule has 2 aliphatic rings. The number of aromatic nitrogens is 3. The number of thiazole rings is 1. The van der Waals surface area contributed by atoms with Gasteiger partial charge in [0.2, 0.25) is 12.7 Å². The van der Waals surface area contributed by atoms with Gasteiger partial charge < -0.3 is 24.3 Å². The molecule has 1 N–H and O–H groups in total. The molecule has 0 unspecified atom stereocenters. The summed E-state index contributed by atoms with van der Waals surface area (Å²) in [6.45, 7) is 2.65. The van der Waals surface area contributed by atoms with Crippen LogP contribution in [0.1, 0.15) is 0 Å². The normalized spacial score (nSPS) is 18.2. The lowest BCUT2D eigenvalue weighted by Crippen LogP contribution is -2.34. The third-order valence-electron chi connectivity index (χ3n) is 4.48. The molecule has 0 saturated carbocycles. The first-order valence-corrected chi connectivity index (χ1v) is 9.85. The van der Waals surface area contributed by atoms with Gasteiger partial charge in [-0.25, -0.2) is 15.0 Å². The molecule has 1 fully saturated rings. The van der Waals surface area contributed by atoms with Gasteiger partial charge in [-0.2, -0.15) is 0 Å². The van der Waals surface area contributed by atoms with E-state index in [-0.39, 0.29) is 12.9 Å². The van der Waals surface area contributed by atoms with Crippen LogP contribution in [-0.2, 0) is 9.47 Å². The summed E-state index contributed by atoms with van der Waals surface area (Å²) in [6.07, 6.45) is 3.57. The maximum Gasteiger partial charge on any atom is 0.231 e. The maximum absolute atomic E-state index is 5.66. The second kappa shape index (κ2) is 7.70.